The number of likely N-dealkylation sites (N-methyl/N-ethyl adjacent to an activating group) is 1. The molecule has 0 aromatic heterocycles. The van der Waals surface area contributed by atoms with E-state index in [1.807, 2.05) is 18.2 Å². The fourth-order valence-electron chi connectivity index (χ4n) is 6.77. The quantitative estimate of drug-likeness (QED) is 0.135. The zero-order valence-electron chi connectivity index (χ0n) is 30.8. The molecule has 0 saturated carbocycles. The first-order valence-corrected chi connectivity index (χ1v) is 18.2. The van der Waals surface area contributed by atoms with E-state index in [9.17, 15) is 24.3 Å². The number of benzene rings is 2. The SMILES string of the molecule is CCN(CC)c1ccc2c(c1)OC1=CC([NH+](CC)CC)C=CC1=C2c1ccc(NC(=S)NC(C)CNC(=O)C(C)N2C(=O)C=CC2=O)cc1C(=O)O.[Cl-]. The van der Waals surface area contributed by atoms with Gasteiger partial charge in [-0.15, -0.1) is 0 Å². The van der Waals surface area contributed by atoms with Crippen LogP contribution in [0, 0.1) is 0 Å². The van der Waals surface area contributed by atoms with E-state index in [1.165, 1.54) is 11.8 Å². The van der Waals surface area contributed by atoms with Gasteiger partial charge in [-0.1, -0.05) is 6.07 Å². The summed E-state index contributed by atoms with van der Waals surface area (Å²) in [6, 6.07) is 10.0. The van der Waals surface area contributed by atoms with Crippen LogP contribution in [0.5, 0.6) is 5.75 Å². The lowest BCUT2D eigenvalue weighted by Crippen LogP contribution is -3.14. The Morgan fingerprint density at radius 1 is 0.981 bits per heavy atom. The van der Waals surface area contributed by atoms with Gasteiger partial charge in [-0.05, 0) is 95.7 Å². The number of hydrogen-bond acceptors (Lipinski definition) is 7. The van der Waals surface area contributed by atoms with E-state index in [-0.39, 0.29) is 41.7 Å². The minimum Gasteiger partial charge on any atom is -1.00 e. The summed E-state index contributed by atoms with van der Waals surface area (Å²) in [7, 11) is 0. The number of halogens is 1. The Balaban J connectivity index is 0.00000627. The molecule has 3 unspecified atom stereocenters. The first kappa shape index (κ1) is 40.8. The van der Waals surface area contributed by atoms with Gasteiger partial charge in [0.05, 0.1) is 18.7 Å². The Morgan fingerprint density at radius 2 is 1.64 bits per heavy atom. The molecule has 3 atom stereocenters. The summed E-state index contributed by atoms with van der Waals surface area (Å²) in [5, 5.41) is 19.6. The van der Waals surface area contributed by atoms with Crippen molar-refractivity contribution in [2.75, 3.05) is 42.9 Å². The number of anilines is 2. The number of quaternary nitrogens is 1. The third-order valence-corrected chi connectivity index (χ3v) is 9.87. The van der Waals surface area contributed by atoms with Crippen LogP contribution < -0.4 is 42.9 Å². The zero-order chi connectivity index (χ0) is 37.7. The molecule has 53 heavy (non-hydrogen) atoms. The van der Waals surface area contributed by atoms with Crippen molar-refractivity contribution >= 4 is 58.0 Å². The van der Waals surface area contributed by atoms with Crippen LogP contribution in [0.3, 0.4) is 0 Å². The van der Waals surface area contributed by atoms with E-state index in [4.69, 9.17) is 17.0 Å². The molecule has 2 aromatic rings. The van der Waals surface area contributed by atoms with Crippen molar-refractivity contribution in [2.45, 2.75) is 59.7 Å². The second-order valence-electron chi connectivity index (χ2n) is 12.9. The average Bonchev–Trinajstić information content (AvgIpc) is 3.46. The number of ether oxygens (including phenoxy) is 1. The van der Waals surface area contributed by atoms with Crippen LogP contribution in [0.4, 0.5) is 11.4 Å². The first-order valence-electron chi connectivity index (χ1n) is 17.7. The molecule has 5 rings (SSSR count). The Bertz CT molecular complexity index is 1880. The molecule has 0 saturated heterocycles. The van der Waals surface area contributed by atoms with Gasteiger partial charge in [-0.3, -0.25) is 19.3 Å². The summed E-state index contributed by atoms with van der Waals surface area (Å²) in [6.45, 7) is 15.5. The summed E-state index contributed by atoms with van der Waals surface area (Å²) in [6.07, 6.45) is 8.62. The number of carboxylic acids is 1. The maximum atomic E-state index is 12.9. The number of aromatic carboxylic acids is 1. The molecule has 0 radical (unpaired) electrons. The summed E-state index contributed by atoms with van der Waals surface area (Å²) >= 11 is 5.53. The maximum Gasteiger partial charge on any atom is 0.336 e. The van der Waals surface area contributed by atoms with Crippen LogP contribution in [0.2, 0.25) is 0 Å². The van der Waals surface area contributed by atoms with Crippen molar-refractivity contribution in [3.63, 3.8) is 0 Å². The van der Waals surface area contributed by atoms with Crippen molar-refractivity contribution in [1.29, 1.82) is 0 Å². The molecule has 2 aromatic carbocycles. The molecule has 3 amide bonds. The number of thiocarbonyl (C=S) groups is 1. The Morgan fingerprint density at radius 3 is 2.26 bits per heavy atom. The molecule has 1 aliphatic carbocycles. The summed E-state index contributed by atoms with van der Waals surface area (Å²) < 4.78 is 6.60. The highest BCUT2D eigenvalue weighted by molar-refractivity contribution is 7.80. The number of imide groups is 1. The smallest absolute Gasteiger partial charge is 0.336 e. The molecule has 5 N–H and O–H groups in total. The zero-order valence-corrected chi connectivity index (χ0v) is 32.4. The van der Waals surface area contributed by atoms with Crippen LogP contribution in [0.1, 0.15) is 63.0 Å². The second-order valence-corrected chi connectivity index (χ2v) is 13.3. The Labute approximate surface area is 322 Å². The van der Waals surface area contributed by atoms with Gasteiger partial charge in [0.1, 0.15) is 23.6 Å². The third-order valence-electron chi connectivity index (χ3n) is 9.65. The molecule has 14 heteroatoms. The van der Waals surface area contributed by atoms with Crippen LogP contribution >= 0.6 is 12.2 Å². The monoisotopic (exact) mass is 762 g/mol. The minimum atomic E-state index is -1.09. The Kier molecular flexibility index (Phi) is 13.6. The molecule has 2 heterocycles. The first-order chi connectivity index (χ1) is 24.9. The molecule has 12 nitrogen and oxygen atoms in total. The lowest BCUT2D eigenvalue weighted by Gasteiger charge is -2.31. The predicted molar refractivity (Wildman–Crippen MR) is 205 cm³/mol. The molecule has 3 aliphatic rings. The molecular weight excluding hydrogens is 716 g/mol. The van der Waals surface area contributed by atoms with Gasteiger partial charge in [0, 0.05) is 78.1 Å². The number of carbonyl (C=O) groups excluding carboxylic acids is 3. The van der Waals surface area contributed by atoms with Gasteiger partial charge in [0.15, 0.2) is 5.11 Å². The van der Waals surface area contributed by atoms with E-state index in [0.717, 1.165) is 65.6 Å². The molecule has 282 valence electrons. The number of carboxylic acid groups (broad SMARTS) is 1. The summed E-state index contributed by atoms with van der Waals surface area (Å²) in [5.74, 6) is -1.26. The lowest BCUT2D eigenvalue weighted by atomic mass is 9.84. The van der Waals surface area contributed by atoms with Gasteiger partial charge in [-0.2, -0.15) is 0 Å². The summed E-state index contributed by atoms with van der Waals surface area (Å²) in [5.41, 5.74) is 4.55. The molecular formula is C39H47ClN6O6S. The number of amides is 3. The minimum absolute atomic E-state index is 0. The van der Waals surface area contributed by atoms with E-state index < -0.39 is 29.7 Å². The standard InChI is InChI=1S/C39H46N6O6S.ClH/c1-7-43(8-2)26-12-15-29-32(20-26)51-33-21-27(44(9-3)10-4)13-16-30(33)36(29)28-14-11-25(19-31(28)38(49)50)42-39(52)41-23(5)22-40-37(48)24(6)45-34(46)17-18-35(45)47;/h11-21,23-24,26H,7-10,22H2,1-6H3,(H,40,48)(H,49,50)(H2,41,42,52);1H. The number of fused-ring (bicyclic) bond motifs is 2. The molecule has 0 spiro atoms. The van der Waals surface area contributed by atoms with Crippen LogP contribution in [0.15, 0.2) is 78.1 Å². The highest BCUT2D eigenvalue weighted by atomic mass is 35.5. The Hall–Kier alpha value is -4.98. The van der Waals surface area contributed by atoms with Crippen molar-refractivity contribution in [3.8, 4) is 5.75 Å². The fraction of sp³-hybridized carbons (Fsp3) is 0.359. The average molecular weight is 763 g/mol. The fourth-order valence-corrected chi connectivity index (χ4v) is 7.09. The van der Waals surface area contributed by atoms with Crippen LogP contribution in [-0.2, 0) is 14.4 Å². The number of rotatable bonds is 14. The van der Waals surface area contributed by atoms with Gasteiger partial charge in [0.25, 0.3) is 11.8 Å². The van der Waals surface area contributed by atoms with Crippen LogP contribution in [0.25, 0.3) is 5.57 Å². The highest BCUT2D eigenvalue weighted by Gasteiger charge is 2.33. The van der Waals surface area contributed by atoms with E-state index >= 15 is 0 Å². The second kappa shape index (κ2) is 17.7. The number of allylic oxidation sites excluding steroid dienone is 1. The largest absolute Gasteiger partial charge is 1.00 e. The highest BCUT2D eigenvalue weighted by Crippen LogP contribution is 2.45. The maximum absolute atomic E-state index is 12.9. The van der Waals surface area contributed by atoms with Crippen molar-refractivity contribution < 1.29 is 46.3 Å². The molecule has 0 fully saturated rings. The number of nitrogens with zero attached hydrogens (tertiary/aromatic N) is 2. The van der Waals surface area contributed by atoms with Crippen molar-refractivity contribution in [3.05, 3.63) is 94.8 Å². The number of nitrogens with one attached hydrogen (secondary N) is 4. The topological polar surface area (TPSA) is 145 Å². The lowest BCUT2D eigenvalue weighted by molar-refractivity contribution is -0.908. The third kappa shape index (κ3) is 8.81. The van der Waals surface area contributed by atoms with E-state index in [1.54, 1.807) is 25.1 Å². The van der Waals surface area contributed by atoms with Crippen LogP contribution in [-0.4, -0.2) is 89.7 Å². The van der Waals surface area contributed by atoms with Gasteiger partial charge in [0.2, 0.25) is 5.91 Å². The van der Waals surface area contributed by atoms with Gasteiger partial charge >= 0.3 is 5.97 Å². The number of carbonyl (C=O) groups is 4. The van der Waals surface area contributed by atoms with E-state index in [2.05, 4.69) is 66.8 Å². The molecule has 0 bridgehead atoms. The van der Waals surface area contributed by atoms with Gasteiger partial charge in [-0.25, -0.2) is 4.79 Å². The van der Waals surface area contributed by atoms with Gasteiger partial charge < -0.3 is 48.0 Å². The van der Waals surface area contributed by atoms with E-state index in [0.29, 0.717) is 22.8 Å². The summed E-state index contributed by atoms with van der Waals surface area (Å²) in [4.78, 5) is 53.9. The normalized spacial score (nSPS) is 16.9. The van der Waals surface area contributed by atoms with Crippen molar-refractivity contribution in [2.24, 2.45) is 0 Å². The number of hydrogen-bond donors (Lipinski definition) is 5. The predicted octanol–water partition coefficient (Wildman–Crippen LogP) is 0.281. The molecule has 2 aliphatic heterocycles. The van der Waals surface area contributed by atoms with Crippen molar-refractivity contribution in [1.82, 2.24) is 15.5 Å².